The van der Waals surface area contributed by atoms with Gasteiger partial charge >= 0.3 is 0 Å². The summed E-state index contributed by atoms with van der Waals surface area (Å²) in [4.78, 5) is 2.33. The van der Waals surface area contributed by atoms with Crippen molar-refractivity contribution in [3.05, 3.63) is 46.6 Å². The minimum absolute atomic E-state index is 0.236. The number of hydrogen-bond donors (Lipinski definition) is 1. The first-order chi connectivity index (χ1) is 10.3. The maximum atomic E-state index is 9.47. The van der Waals surface area contributed by atoms with Gasteiger partial charge in [-0.15, -0.1) is 0 Å². The minimum atomic E-state index is 0.236. The fourth-order valence-corrected chi connectivity index (χ4v) is 3.17. The second kappa shape index (κ2) is 6.77. The number of aliphatic hydroxyl groups is 1. The van der Waals surface area contributed by atoms with Crippen molar-refractivity contribution in [1.29, 1.82) is 0 Å². The van der Waals surface area contributed by atoms with Crippen LogP contribution in [-0.2, 0) is 6.54 Å². The molecule has 1 N–H and O–H groups in total. The van der Waals surface area contributed by atoms with E-state index < -0.39 is 0 Å². The Labute approximate surface area is 133 Å². The highest BCUT2D eigenvalue weighted by molar-refractivity contribution is 9.10. The lowest BCUT2D eigenvalue weighted by molar-refractivity contribution is 0.0785. The highest BCUT2D eigenvalue weighted by Crippen LogP contribution is 2.26. The topological polar surface area (TPSA) is 36.6 Å². The number of hydrogen-bond acceptors (Lipinski definition) is 3. The molecule has 1 saturated heterocycles. The Balaban J connectivity index is 1.71. The van der Waals surface area contributed by atoms with Crippen LogP contribution < -0.4 is 0 Å². The summed E-state index contributed by atoms with van der Waals surface area (Å²) in [6.07, 6.45) is 3.50. The monoisotopic (exact) mass is 349 g/mol. The van der Waals surface area contributed by atoms with Gasteiger partial charge in [0, 0.05) is 16.1 Å². The van der Waals surface area contributed by atoms with Crippen molar-refractivity contribution in [2.45, 2.75) is 31.8 Å². The molecule has 0 bridgehead atoms. The molecule has 0 saturated carbocycles. The summed E-state index contributed by atoms with van der Waals surface area (Å²) in [5.41, 5.74) is 1.09. The first-order valence-corrected chi connectivity index (χ1v) is 8.25. The molecule has 0 aliphatic carbocycles. The molecule has 1 unspecified atom stereocenters. The normalized spacial score (nSPS) is 19.8. The van der Waals surface area contributed by atoms with Gasteiger partial charge in [-0.3, -0.25) is 4.90 Å². The lowest BCUT2D eigenvalue weighted by Gasteiger charge is -2.33. The molecule has 1 fully saturated rings. The summed E-state index contributed by atoms with van der Waals surface area (Å²) >= 11 is 3.44. The highest BCUT2D eigenvalue weighted by atomic mass is 79.9. The molecule has 1 aliphatic heterocycles. The second-order valence-electron chi connectivity index (χ2n) is 5.58. The molecule has 21 heavy (non-hydrogen) atoms. The standard InChI is InChI=1S/C17H20BrNO2/c18-14-6-4-13(5-7-14)17-9-8-16(21-17)11-19-10-2-1-3-15(19)12-20/h4-9,15,20H,1-3,10-12H2. The average Bonchev–Trinajstić information content (AvgIpc) is 2.97. The molecule has 2 heterocycles. The summed E-state index contributed by atoms with van der Waals surface area (Å²) in [6.45, 7) is 2.06. The smallest absolute Gasteiger partial charge is 0.134 e. The maximum Gasteiger partial charge on any atom is 0.134 e. The lowest BCUT2D eigenvalue weighted by atomic mass is 10.0. The van der Waals surface area contributed by atoms with Crippen LogP contribution >= 0.6 is 15.9 Å². The Bertz CT molecular complexity index is 579. The summed E-state index contributed by atoms with van der Waals surface area (Å²) in [7, 11) is 0. The van der Waals surface area contributed by atoms with Crippen LogP contribution in [0.1, 0.15) is 25.0 Å². The zero-order valence-electron chi connectivity index (χ0n) is 12.0. The lowest BCUT2D eigenvalue weighted by Crippen LogP contribution is -2.41. The number of halogens is 1. The predicted octanol–water partition coefficient (Wildman–Crippen LogP) is 4.06. The van der Waals surface area contributed by atoms with E-state index in [9.17, 15) is 5.11 Å². The third-order valence-corrected chi connectivity index (χ3v) is 4.64. The summed E-state index contributed by atoms with van der Waals surface area (Å²) < 4.78 is 7.03. The molecule has 3 nitrogen and oxygen atoms in total. The first kappa shape index (κ1) is 14.8. The van der Waals surface area contributed by atoms with Crippen molar-refractivity contribution in [3.8, 4) is 11.3 Å². The highest BCUT2D eigenvalue weighted by Gasteiger charge is 2.22. The summed E-state index contributed by atoms with van der Waals surface area (Å²) in [5.74, 6) is 1.86. The third kappa shape index (κ3) is 3.57. The molecule has 0 amide bonds. The minimum Gasteiger partial charge on any atom is -0.460 e. The Hall–Kier alpha value is -1.10. The second-order valence-corrected chi connectivity index (χ2v) is 6.49. The van der Waals surface area contributed by atoms with Crippen LogP contribution in [0.25, 0.3) is 11.3 Å². The van der Waals surface area contributed by atoms with Gasteiger partial charge in [-0.25, -0.2) is 0 Å². The van der Waals surface area contributed by atoms with Crippen molar-refractivity contribution in [2.75, 3.05) is 13.2 Å². The van der Waals surface area contributed by atoms with E-state index in [0.717, 1.165) is 41.1 Å². The predicted molar refractivity (Wildman–Crippen MR) is 87.0 cm³/mol. The van der Waals surface area contributed by atoms with E-state index in [-0.39, 0.29) is 12.6 Å². The third-order valence-electron chi connectivity index (χ3n) is 4.11. The molecule has 0 radical (unpaired) electrons. The van der Waals surface area contributed by atoms with Gasteiger partial charge in [0.2, 0.25) is 0 Å². The summed E-state index contributed by atoms with van der Waals surface area (Å²) in [5, 5.41) is 9.47. The fourth-order valence-electron chi connectivity index (χ4n) is 2.91. The van der Waals surface area contributed by atoms with Gasteiger partial charge in [-0.2, -0.15) is 0 Å². The Morgan fingerprint density at radius 3 is 2.71 bits per heavy atom. The van der Waals surface area contributed by atoms with Crippen molar-refractivity contribution < 1.29 is 9.52 Å². The van der Waals surface area contributed by atoms with Gasteiger partial charge in [-0.05, 0) is 43.7 Å². The average molecular weight is 350 g/mol. The molecule has 1 aromatic carbocycles. The van der Waals surface area contributed by atoms with E-state index in [1.54, 1.807) is 0 Å². The van der Waals surface area contributed by atoms with Crippen LogP contribution in [0.2, 0.25) is 0 Å². The molecule has 112 valence electrons. The molecule has 3 rings (SSSR count). The fraction of sp³-hybridized carbons (Fsp3) is 0.412. The zero-order chi connectivity index (χ0) is 14.7. The molecule has 4 heteroatoms. The van der Waals surface area contributed by atoms with Crippen molar-refractivity contribution >= 4 is 15.9 Å². The van der Waals surface area contributed by atoms with Gasteiger partial charge in [0.1, 0.15) is 11.5 Å². The summed E-state index contributed by atoms with van der Waals surface area (Å²) in [6, 6.07) is 12.5. The number of aliphatic hydroxyl groups excluding tert-OH is 1. The largest absolute Gasteiger partial charge is 0.460 e. The van der Waals surface area contributed by atoms with E-state index in [4.69, 9.17) is 4.42 Å². The van der Waals surface area contributed by atoms with Crippen molar-refractivity contribution in [1.82, 2.24) is 4.90 Å². The molecule has 1 aromatic heterocycles. The molecular weight excluding hydrogens is 330 g/mol. The van der Waals surface area contributed by atoms with Gasteiger partial charge in [0.15, 0.2) is 0 Å². The van der Waals surface area contributed by atoms with Gasteiger partial charge < -0.3 is 9.52 Å². The van der Waals surface area contributed by atoms with E-state index in [1.165, 1.54) is 12.8 Å². The number of rotatable bonds is 4. The number of furan rings is 1. The van der Waals surface area contributed by atoms with E-state index in [1.807, 2.05) is 36.4 Å². The Morgan fingerprint density at radius 1 is 1.14 bits per heavy atom. The number of benzene rings is 1. The van der Waals surface area contributed by atoms with Gasteiger partial charge in [0.05, 0.1) is 13.2 Å². The van der Waals surface area contributed by atoms with Gasteiger partial charge in [-0.1, -0.05) is 34.5 Å². The van der Waals surface area contributed by atoms with E-state index >= 15 is 0 Å². The Kier molecular flexibility index (Phi) is 4.78. The zero-order valence-corrected chi connectivity index (χ0v) is 13.6. The van der Waals surface area contributed by atoms with Crippen LogP contribution in [0.5, 0.6) is 0 Å². The number of piperidine rings is 1. The Morgan fingerprint density at radius 2 is 1.95 bits per heavy atom. The molecule has 1 aliphatic rings. The SMILES string of the molecule is OCC1CCCCN1Cc1ccc(-c2ccc(Br)cc2)o1. The molecule has 0 spiro atoms. The molecule has 1 atom stereocenters. The van der Waals surface area contributed by atoms with Gasteiger partial charge in [0.25, 0.3) is 0 Å². The van der Waals surface area contributed by atoms with E-state index in [2.05, 4.69) is 20.8 Å². The first-order valence-electron chi connectivity index (χ1n) is 7.46. The maximum absolute atomic E-state index is 9.47. The number of likely N-dealkylation sites (tertiary alicyclic amines) is 1. The molecule has 2 aromatic rings. The van der Waals surface area contributed by atoms with E-state index in [0.29, 0.717) is 0 Å². The quantitative estimate of drug-likeness (QED) is 0.904. The van der Waals surface area contributed by atoms with Crippen LogP contribution in [-0.4, -0.2) is 29.2 Å². The van der Waals surface area contributed by atoms with Crippen LogP contribution in [0.15, 0.2) is 45.3 Å². The van der Waals surface area contributed by atoms with Crippen molar-refractivity contribution in [3.63, 3.8) is 0 Å². The van der Waals surface area contributed by atoms with Crippen molar-refractivity contribution in [2.24, 2.45) is 0 Å². The molecular formula is C17H20BrNO2. The van der Waals surface area contributed by atoms with Crippen LogP contribution in [0.3, 0.4) is 0 Å². The van der Waals surface area contributed by atoms with Crippen LogP contribution in [0.4, 0.5) is 0 Å². The van der Waals surface area contributed by atoms with Crippen LogP contribution in [0, 0.1) is 0 Å². The number of nitrogens with zero attached hydrogens (tertiary/aromatic N) is 1.